The molecule has 1 atom stereocenters. The molecule has 2 heterocycles. The molecule has 24 heavy (non-hydrogen) atoms. The summed E-state index contributed by atoms with van der Waals surface area (Å²) in [6, 6.07) is 5.98. The van der Waals surface area contributed by atoms with E-state index in [9.17, 15) is 0 Å². The van der Waals surface area contributed by atoms with Gasteiger partial charge in [-0.1, -0.05) is 6.07 Å². The summed E-state index contributed by atoms with van der Waals surface area (Å²) in [5, 5.41) is 11.4. The summed E-state index contributed by atoms with van der Waals surface area (Å²) in [6.45, 7) is 7.17. The highest BCUT2D eigenvalue weighted by atomic mass is 16.5. The van der Waals surface area contributed by atoms with Gasteiger partial charge in [0, 0.05) is 12.4 Å². The normalized spacial score (nSPS) is 12.1. The van der Waals surface area contributed by atoms with Crippen LogP contribution in [-0.4, -0.2) is 32.8 Å². The van der Waals surface area contributed by atoms with Crippen molar-refractivity contribution in [1.82, 2.24) is 19.6 Å². The molecule has 0 spiro atoms. The van der Waals surface area contributed by atoms with Gasteiger partial charge in [-0.2, -0.15) is 0 Å². The maximum absolute atomic E-state index is 5.69. The highest BCUT2D eigenvalue weighted by Gasteiger charge is 2.13. The Labute approximate surface area is 140 Å². The molecular formula is C17H21N5O2. The second kappa shape index (κ2) is 7.16. The number of ether oxygens (including phenoxy) is 2. The lowest BCUT2D eigenvalue weighted by Gasteiger charge is -2.18. The van der Waals surface area contributed by atoms with Gasteiger partial charge in [0.05, 0.1) is 19.3 Å². The van der Waals surface area contributed by atoms with E-state index in [4.69, 9.17) is 9.47 Å². The van der Waals surface area contributed by atoms with E-state index in [1.807, 2.05) is 42.6 Å². The second-order valence-corrected chi connectivity index (χ2v) is 5.28. The molecule has 3 aromatic rings. The van der Waals surface area contributed by atoms with Crippen LogP contribution in [0, 0.1) is 0 Å². The first kappa shape index (κ1) is 16.0. The van der Waals surface area contributed by atoms with Crippen LogP contribution in [0.15, 0.2) is 36.9 Å². The number of rotatable bonds is 7. The third kappa shape index (κ3) is 3.24. The fourth-order valence-electron chi connectivity index (χ4n) is 2.49. The van der Waals surface area contributed by atoms with Crippen molar-refractivity contribution in [2.45, 2.75) is 26.8 Å². The van der Waals surface area contributed by atoms with Crippen LogP contribution in [0.1, 0.15) is 32.4 Å². The minimum atomic E-state index is 0.0234. The Bertz CT molecular complexity index is 818. The van der Waals surface area contributed by atoms with Gasteiger partial charge in [0.1, 0.15) is 6.33 Å². The van der Waals surface area contributed by atoms with Crippen LogP contribution in [0.25, 0.3) is 5.65 Å². The maximum Gasteiger partial charge on any atom is 0.203 e. The molecule has 0 amide bonds. The number of hydrogen-bond donors (Lipinski definition) is 1. The van der Waals surface area contributed by atoms with E-state index >= 15 is 0 Å². The fourth-order valence-corrected chi connectivity index (χ4v) is 2.49. The van der Waals surface area contributed by atoms with Crippen molar-refractivity contribution < 1.29 is 9.47 Å². The molecule has 1 N–H and O–H groups in total. The highest BCUT2D eigenvalue weighted by Crippen LogP contribution is 2.31. The van der Waals surface area contributed by atoms with E-state index < -0.39 is 0 Å². The minimum absolute atomic E-state index is 0.0234. The van der Waals surface area contributed by atoms with E-state index in [2.05, 4.69) is 27.4 Å². The molecule has 7 heteroatoms. The summed E-state index contributed by atoms with van der Waals surface area (Å²) in [5.74, 6) is 2.20. The quantitative estimate of drug-likeness (QED) is 0.719. The molecule has 0 aliphatic rings. The number of fused-ring (bicyclic) bond motifs is 1. The van der Waals surface area contributed by atoms with Gasteiger partial charge in [-0.25, -0.2) is 4.98 Å². The zero-order valence-electron chi connectivity index (χ0n) is 14.1. The molecule has 0 bridgehead atoms. The standard InChI is InChI=1S/C17H21N5O2/c1-4-23-14-7-6-13(10-15(14)24-5-2)12(3)20-16-17-21-19-11-22(17)9-8-18-16/h6-12H,4-5H2,1-3H3,(H,18,20)/t12-/m0/s1. The number of hydrogen-bond acceptors (Lipinski definition) is 6. The number of benzene rings is 1. The van der Waals surface area contributed by atoms with Gasteiger partial charge >= 0.3 is 0 Å². The van der Waals surface area contributed by atoms with Crippen molar-refractivity contribution in [2.75, 3.05) is 18.5 Å². The average Bonchev–Trinajstić information content (AvgIpc) is 3.06. The number of nitrogens with one attached hydrogen (secondary N) is 1. The first-order valence-electron chi connectivity index (χ1n) is 8.03. The predicted octanol–water partition coefficient (Wildman–Crippen LogP) is 3.09. The Kier molecular flexibility index (Phi) is 4.79. The Hall–Kier alpha value is -2.83. The largest absolute Gasteiger partial charge is 0.490 e. The smallest absolute Gasteiger partial charge is 0.203 e. The van der Waals surface area contributed by atoms with E-state index in [0.717, 1.165) is 17.1 Å². The Balaban J connectivity index is 1.85. The molecule has 1 aromatic carbocycles. The van der Waals surface area contributed by atoms with Gasteiger partial charge in [0.25, 0.3) is 0 Å². The van der Waals surface area contributed by atoms with Gasteiger partial charge in [0.2, 0.25) is 5.65 Å². The van der Waals surface area contributed by atoms with Crippen molar-refractivity contribution in [3.8, 4) is 11.5 Å². The molecule has 7 nitrogen and oxygen atoms in total. The molecule has 0 aliphatic heterocycles. The van der Waals surface area contributed by atoms with E-state index in [1.165, 1.54) is 0 Å². The molecule has 0 fully saturated rings. The highest BCUT2D eigenvalue weighted by molar-refractivity contribution is 5.62. The van der Waals surface area contributed by atoms with E-state index in [0.29, 0.717) is 24.7 Å². The summed E-state index contributed by atoms with van der Waals surface area (Å²) >= 11 is 0. The van der Waals surface area contributed by atoms with Gasteiger partial charge in [-0.15, -0.1) is 10.2 Å². The Morgan fingerprint density at radius 1 is 1.17 bits per heavy atom. The summed E-state index contributed by atoms with van der Waals surface area (Å²) in [4.78, 5) is 4.36. The van der Waals surface area contributed by atoms with Crippen molar-refractivity contribution in [3.63, 3.8) is 0 Å². The minimum Gasteiger partial charge on any atom is -0.490 e. The van der Waals surface area contributed by atoms with Crippen LogP contribution in [0.3, 0.4) is 0 Å². The molecular weight excluding hydrogens is 306 g/mol. The van der Waals surface area contributed by atoms with E-state index in [1.54, 1.807) is 12.5 Å². The average molecular weight is 327 g/mol. The van der Waals surface area contributed by atoms with Crippen LogP contribution >= 0.6 is 0 Å². The van der Waals surface area contributed by atoms with Crippen LogP contribution in [-0.2, 0) is 0 Å². The van der Waals surface area contributed by atoms with Crippen molar-refractivity contribution >= 4 is 11.5 Å². The zero-order valence-corrected chi connectivity index (χ0v) is 14.1. The monoisotopic (exact) mass is 327 g/mol. The lowest BCUT2D eigenvalue weighted by molar-refractivity contribution is 0.287. The molecule has 3 rings (SSSR count). The predicted molar refractivity (Wildman–Crippen MR) is 91.6 cm³/mol. The number of anilines is 1. The molecule has 0 saturated carbocycles. The molecule has 2 aromatic heterocycles. The fraction of sp³-hybridized carbons (Fsp3) is 0.353. The Morgan fingerprint density at radius 3 is 2.75 bits per heavy atom. The molecule has 0 radical (unpaired) electrons. The third-order valence-corrected chi connectivity index (χ3v) is 3.64. The second-order valence-electron chi connectivity index (χ2n) is 5.28. The maximum atomic E-state index is 5.69. The molecule has 126 valence electrons. The molecule has 0 saturated heterocycles. The number of nitrogens with zero attached hydrogens (tertiary/aromatic N) is 4. The number of aromatic nitrogens is 4. The van der Waals surface area contributed by atoms with Crippen molar-refractivity contribution in [1.29, 1.82) is 0 Å². The first-order valence-corrected chi connectivity index (χ1v) is 8.03. The summed E-state index contributed by atoms with van der Waals surface area (Å²) in [7, 11) is 0. The zero-order chi connectivity index (χ0) is 16.9. The van der Waals surface area contributed by atoms with Gasteiger partial charge in [-0.3, -0.25) is 4.40 Å². The van der Waals surface area contributed by atoms with Crippen molar-refractivity contribution in [3.05, 3.63) is 42.5 Å². The van der Waals surface area contributed by atoms with Crippen LogP contribution in [0.4, 0.5) is 5.82 Å². The SMILES string of the molecule is CCOc1ccc([C@H](C)Nc2nccn3cnnc23)cc1OCC. The van der Waals surface area contributed by atoms with Crippen LogP contribution in [0.5, 0.6) is 11.5 Å². The summed E-state index contributed by atoms with van der Waals surface area (Å²) in [6.07, 6.45) is 5.18. The van der Waals surface area contributed by atoms with Gasteiger partial charge in [0.15, 0.2) is 17.3 Å². The summed E-state index contributed by atoms with van der Waals surface area (Å²) in [5.41, 5.74) is 1.77. The molecule has 0 aliphatic carbocycles. The molecule has 0 unspecified atom stereocenters. The van der Waals surface area contributed by atoms with Crippen LogP contribution in [0.2, 0.25) is 0 Å². The van der Waals surface area contributed by atoms with E-state index in [-0.39, 0.29) is 6.04 Å². The van der Waals surface area contributed by atoms with Crippen molar-refractivity contribution in [2.24, 2.45) is 0 Å². The Morgan fingerprint density at radius 2 is 1.96 bits per heavy atom. The third-order valence-electron chi connectivity index (χ3n) is 3.64. The first-order chi connectivity index (χ1) is 11.7. The lowest BCUT2D eigenvalue weighted by Crippen LogP contribution is -2.10. The lowest BCUT2D eigenvalue weighted by atomic mass is 10.1. The topological polar surface area (TPSA) is 73.6 Å². The van der Waals surface area contributed by atoms with Gasteiger partial charge < -0.3 is 14.8 Å². The van der Waals surface area contributed by atoms with Crippen LogP contribution < -0.4 is 14.8 Å². The van der Waals surface area contributed by atoms with Gasteiger partial charge in [-0.05, 0) is 38.5 Å². The summed E-state index contributed by atoms with van der Waals surface area (Å²) < 4.78 is 13.1.